The third-order valence-corrected chi connectivity index (χ3v) is 4.43. The quantitative estimate of drug-likeness (QED) is 0.643. The van der Waals surface area contributed by atoms with Gasteiger partial charge in [0.1, 0.15) is 0 Å². The van der Waals surface area contributed by atoms with Gasteiger partial charge in [-0.25, -0.2) is 4.79 Å². The number of aliphatic carboxylic acids is 1. The van der Waals surface area contributed by atoms with Crippen molar-refractivity contribution in [3.05, 3.63) is 0 Å². The Labute approximate surface area is 82.2 Å². The van der Waals surface area contributed by atoms with Crippen LogP contribution >= 0.6 is 0 Å². The molecule has 0 aromatic heterocycles. The number of carbonyl (C=O) groups excluding carboxylic acids is 1. The monoisotopic (exact) mass is 198 g/mol. The molecule has 0 spiro atoms. The van der Waals surface area contributed by atoms with Crippen LogP contribution in [0.5, 0.6) is 0 Å². The second-order valence-corrected chi connectivity index (χ2v) is 4.98. The second-order valence-electron chi connectivity index (χ2n) is 4.98. The summed E-state index contributed by atoms with van der Waals surface area (Å²) in [5.74, 6) is -1.38. The van der Waals surface area contributed by atoms with Crippen LogP contribution in [-0.4, -0.2) is 22.6 Å². The van der Waals surface area contributed by atoms with Crippen LogP contribution in [0.15, 0.2) is 0 Å². The van der Waals surface area contributed by atoms with Gasteiger partial charge in [0.15, 0.2) is 0 Å². The summed E-state index contributed by atoms with van der Waals surface area (Å²) in [5, 5.41) is 9.18. The zero-order valence-electron chi connectivity index (χ0n) is 8.59. The van der Waals surface area contributed by atoms with E-state index in [1.54, 1.807) is 20.8 Å². The van der Waals surface area contributed by atoms with Gasteiger partial charge in [0, 0.05) is 5.41 Å². The molecule has 1 saturated carbocycles. The molecule has 1 aliphatic heterocycles. The Kier molecular flexibility index (Phi) is 1.44. The molecule has 4 heteroatoms. The predicted molar refractivity (Wildman–Crippen MR) is 47.6 cm³/mol. The van der Waals surface area contributed by atoms with Crippen molar-refractivity contribution in [3.63, 3.8) is 0 Å². The summed E-state index contributed by atoms with van der Waals surface area (Å²) < 4.78 is 5.09. The van der Waals surface area contributed by atoms with Crippen LogP contribution in [0.3, 0.4) is 0 Å². The molecule has 2 atom stereocenters. The number of esters is 1. The van der Waals surface area contributed by atoms with Crippen LogP contribution < -0.4 is 0 Å². The maximum absolute atomic E-state index is 11.6. The molecule has 1 heterocycles. The lowest BCUT2D eigenvalue weighted by molar-refractivity contribution is -0.178. The summed E-state index contributed by atoms with van der Waals surface area (Å²) in [6.07, 6.45) is 1.03. The highest BCUT2D eigenvalue weighted by Crippen LogP contribution is 2.65. The van der Waals surface area contributed by atoms with Crippen molar-refractivity contribution in [2.45, 2.75) is 39.2 Å². The van der Waals surface area contributed by atoms with E-state index < -0.39 is 22.4 Å². The molecule has 0 aromatic rings. The van der Waals surface area contributed by atoms with Crippen molar-refractivity contribution in [3.8, 4) is 0 Å². The summed E-state index contributed by atoms with van der Waals surface area (Å²) in [5.41, 5.74) is -2.55. The van der Waals surface area contributed by atoms with Gasteiger partial charge in [-0.05, 0) is 19.8 Å². The van der Waals surface area contributed by atoms with Crippen LogP contribution in [0.1, 0.15) is 33.6 Å². The Morgan fingerprint density at radius 2 is 1.93 bits per heavy atom. The van der Waals surface area contributed by atoms with Gasteiger partial charge < -0.3 is 9.84 Å². The topological polar surface area (TPSA) is 63.6 Å². The lowest BCUT2D eigenvalue weighted by atomic mass is 9.66. The molecular weight excluding hydrogens is 184 g/mol. The first-order chi connectivity index (χ1) is 6.28. The van der Waals surface area contributed by atoms with E-state index in [1.807, 2.05) is 0 Å². The van der Waals surface area contributed by atoms with Crippen molar-refractivity contribution >= 4 is 11.9 Å². The largest absolute Gasteiger partial charge is 0.478 e. The van der Waals surface area contributed by atoms with E-state index in [1.165, 1.54) is 0 Å². The van der Waals surface area contributed by atoms with Gasteiger partial charge in [-0.15, -0.1) is 0 Å². The Morgan fingerprint density at radius 3 is 2.14 bits per heavy atom. The highest BCUT2D eigenvalue weighted by Gasteiger charge is 2.76. The summed E-state index contributed by atoms with van der Waals surface area (Å²) >= 11 is 0. The molecule has 78 valence electrons. The van der Waals surface area contributed by atoms with Crippen LogP contribution in [0.4, 0.5) is 0 Å². The minimum atomic E-state index is -1.29. The highest BCUT2D eigenvalue weighted by molar-refractivity contribution is 5.92. The Morgan fingerprint density at radius 1 is 1.36 bits per heavy atom. The van der Waals surface area contributed by atoms with Gasteiger partial charge in [-0.2, -0.15) is 0 Å². The lowest BCUT2D eigenvalue weighted by Crippen LogP contribution is -2.47. The zero-order chi connectivity index (χ0) is 10.8. The molecule has 1 aliphatic carbocycles. The van der Waals surface area contributed by atoms with E-state index >= 15 is 0 Å². The number of carbonyl (C=O) groups is 2. The van der Waals surface area contributed by atoms with Crippen LogP contribution in [-0.2, 0) is 14.3 Å². The standard InChI is InChI=1S/C10H14O4/c1-8(2)9(3)4-5-10(8,6(11)12)14-7(9)13/h4-5H2,1-3H3,(H,11,12)/t9?,10-/m0/s1. The number of rotatable bonds is 1. The molecule has 1 N–H and O–H groups in total. The first-order valence-electron chi connectivity index (χ1n) is 4.75. The van der Waals surface area contributed by atoms with E-state index in [0.29, 0.717) is 12.8 Å². The van der Waals surface area contributed by atoms with E-state index in [2.05, 4.69) is 0 Å². The first kappa shape index (κ1) is 9.49. The Bertz CT molecular complexity index is 333. The van der Waals surface area contributed by atoms with Crippen molar-refractivity contribution in [2.24, 2.45) is 10.8 Å². The Balaban J connectivity index is 2.60. The van der Waals surface area contributed by atoms with Gasteiger partial charge >= 0.3 is 11.9 Å². The van der Waals surface area contributed by atoms with E-state index in [0.717, 1.165) is 0 Å². The van der Waals surface area contributed by atoms with Crippen molar-refractivity contribution < 1.29 is 19.4 Å². The summed E-state index contributed by atoms with van der Waals surface area (Å²) in [7, 11) is 0. The number of fused-ring (bicyclic) bond motifs is 2. The predicted octanol–water partition coefficient (Wildman–Crippen LogP) is 1.19. The minimum Gasteiger partial charge on any atom is -0.478 e. The average Bonchev–Trinajstić information content (AvgIpc) is 2.34. The van der Waals surface area contributed by atoms with Crippen molar-refractivity contribution in [1.82, 2.24) is 0 Å². The van der Waals surface area contributed by atoms with Crippen LogP contribution in [0.2, 0.25) is 0 Å². The van der Waals surface area contributed by atoms with Crippen LogP contribution in [0.25, 0.3) is 0 Å². The molecule has 2 fully saturated rings. The highest BCUT2D eigenvalue weighted by atomic mass is 16.6. The third kappa shape index (κ3) is 0.645. The fraction of sp³-hybridized carbons (Fsp3) is 0.800. The molecule has 1 unspecified atom stereocenters. The molecule has 2 rings (SSSR count). The molecule has 0 aromatic carbocycles. The molecule has 2 aliphatic rings. The maximum atomic E-state index is 11.6. The van der Waals surface area contributed by atoms with Crippen LogP contribution in [0, 0.1) is 10.8 Å². The third-order valence-electron chi connectivity index (χ3n) is 4.43. The fourth-order valence-corrected chi connectivity index (χ4v) is 2.72. The average molecular weight is 198 g/mol. The van der Waals surface area contributed by atoms with E-state index in [9.17, 15) is 14.7 Å². The molecule has 4 nitrogen and oxygen atoms in total. The lowest BCUT2D eigenvalue weighted by Gasteiger charge is -2.32. The van der Waals surface area contributed by atoms with E-state index in [4.69, 9.17) is 4.74 Å². The summed E-state index contributed by atoms with van der Waals surface area (Å²) in [4.78, 5) is 22.8. The molecule has 14 heavy (non-hydrogen) atoms. The summed E-state index contributed by atoms with van der Waals surface area (Å²) in [6.45, 7) is 5.41. The van der Waals surface area contributed by atoms with Gasteiger partial charge in [0.2, 0.25) is 5.60 Å². The molecule has 0 radical (unpaired) electrons. The van der Waals surface area contributed by atoms with Crippen molar-refractivity contribution in [1.29, 1.82) is 0 Å². The maximum Gasteiger partial charge on any atom is 0.348 e. The SMILES string of the molecule is CC12CC[C@@](C(=O)O)(OC1=O)C2(C)C. The minimum absolute atomic E-state index is 0.365. The molecular formula is C10H14O4. The number of hydrogen-bond donors (Lipinski definition) is 1. The smallest absolute Gasteiger partial charge is 0.348 e. The summed E-state index contributed by atoms with van der Waals surface area (Å²) in [6, 6.07) is 0. The van der Waals surface area contributed by atoms with Gasteiger partial charge in [-0.1, -0.05) is 13.8 Å². The molecule has 1 saturated heterocycles. The number of hydrogen-bond acceptors (Lipinski definition) is 3. The Hall–Kier alpha value is -1.06. The van der Waals surface area contributed by atoms with Crippen molar-refractivity contribution in [2.75, 3.05) is 0 Å². The molecule has 0 amide bonds. The number of ether oxygens (including phenoxy) is 1. The normalized spacial score (nSPS) is 43.8. The van der Waals surface area contributed by atoms with Gasteiger partial charge in [-0.3, -0.25) is 4.79 Å². The second kappa shape index (κ2) is 2.12. The van der Waals surface area contributed by atoms with E-state index in [-0.39, 0.29) is 5.97 Å². The first-order valence-corrected chi connectivity index (χ1v) is 4.75. The van der Waals surface area contributed by atoms with Gasteiger partial charge in [0.25, 0.3) is 0 Å². The fourth-order valence-electron chi connectivity index (χ4n) is 2.72. The number of carboxylic acids is 1. The molecule has 2 bridgehead atoms. The zero-order valence-corrected chi connectivity index (χ0v) is 8.59. The van der Waals surface area contributed by atoms with Gasteiger partial charge in [0.05, 0.1) is 5.41 Å². The number of carboxylic acid groups (broad SMARTS) is 1.